The lowest BCUT2D eigenvalue weighted by atomic mass is 10.3. The molecule has 2 heterocycles. The number of aromatic nitrogens is 1. The molecular weight excluding hydrogens is 292 g/mol. The third kappa shape index (κ3) is 3.00. The molecule has 1 N–H and O–H groups in total. The predicted octanol–water partition coefficient (Wildman–Crippen LogP) is 5.34. The van der Waals surface area contributed by atoms with Gasteiger partial charge < -0.3 is 5.32 Å². The van der Waals surface area contributed by atoms with Crippen molar-refractivity contribution in [2.45, 2.75) is 4.90 Å². The monoisotopic (exact) mass is 304 g/mol. The van der Waals surface area contributed by atoms with Gasteiger partial charge in [-0.1, -0.05) is 12.1 Å². The summed E-state index contributed by atoms with van der Waals surface area (Å²) in [6.07, 6.45) is 2.08. The summed E-state index contributed by atoms with van der Waals surface area (Å²) in [4.78, 5) is 7.07. The van der Waals surface area contributed by atoms with E-state index < -0.39 is 0 Å². The van der Waals surface area contributed by atoms with Crippen LogP contribution in [0, 0.1) is 0 Å². The SMILES string of the molecule is CSc1cccc(Nc2nc(-c3cccs3)cs2)c1. The van der Waals surface area contributed by atoms with E-state index in [4.69, 9.17) is 0 Å². The first-order valence-electron chi connectivity index (χ1n) is 5.75. The van der Waals surface area contributed by atoms with Crippen LogP contribution in [0.25, 0.3) is 10.6 Å². The highest BCUT2D eigenvalue weighted by atomic mass is 32.2. The van der Waals surface area contributed by atoms with Gasteiger partial charge in [-0.15, -0.1) is 34.4 Å². The van der Waals surface area contributed by atoms with Crippen LogP contribution in [0.4, 0.5) is 10.8 Å². The quantitative estimate of drug-likeness (QED) is 0.659. The Morgan fingerprint density at radius 2 is 2.11 bits per heavy atom. The number of nitrogens with one attached hydrogen (secondary N) is 1. The van der Waals surface area contributed by atoms with Crippen molar-refractivity contribution in [1.82, 2.24) is 4.98 Å². The van der Waals surface area contributed by atoms with Gasteiger partial charge in [0.25, 0.3) is 0 Å². The molecule has 0 atom stereocenters. The molecular formula is C14H12N2S3. The van der Waals surface area contributed by atoms with Gasteiger partial charge >= 0.3 is 0 Å². The van der Waals surface area contributed by atoms with Gasteiger partial charge in [0, 0.05) is 16.0 Å². The van der Waals surface area contributed by atoms with Crippen molar-refractivity contribution in [3.8, 4) is 10.6 Å². The van der Waals surface area contributed by atoms with E-state index in [1.54, 1.807) is 34.4 Å². The summed E-state index contributed by atoms with van der Waals surface area (Å²) in [6.45, 7) is 0. The van der Waals surface area contributed by atoms with Gasteiger partial charge in [-0.05, 0) is 35.9 Å². The summed E-state index contributed by atoms with van der Waals surface area (Å²) >= 11 is 5.09. The summed E-state index contributed by atoms with van der Waals surface area (Å²) in [6, 6.07) is 12.5. The molecule has 0 aliphatic rings. The molecule has 2 nitrogen and oxygen atoms in total. The van der Waals surface area contributed by atoms with Crippen molar-refractivity contribution in [3.63, 3.8) is 0 Å². The van der Waals surface area contributed by atoms with Gasteiger partial charge in [-0.25, -0.2) is 4.98 Å². The van der Waals surface area contributed by atoms with Crippen molar-refractivity contribution < 1.29 is 0 Å². The van der Waals surface area contributed by atoms with Crippen LogP contribution >= 0.6 is 34.4 Å². The van der Waals surface area contributed by atoms with Crippen LogP contribution in [-0.4, -0.2) is 11.2 Å². The van der Waals surface area contributed by atoms with Gasteiger partial charge in [0.05, 0.1) is 10.6 Å². The Hall–Kier alpha value is -1.30. The zero-order valence-electron chi connectivity index (χ0n) is 10.3. The highest BCUT2D eigenvalue weighted by Crippen LogP contribution is 2.30. The Kier molecular flexibility index (Phi) is 3.87. The number of hydrogen-bond acceptors (Lipinski definition) is 5. The maximum atomic E-state index is 4.61. The van der Waals surface area contributed by atoms with Crippen LogP contribution < -0.4 is 5.32 Å². The van der Waals surface area contributed by atoms with Crippen LogP contribution in [0.1, 0.15) is 0 Å². The highest BCUT2D eigenvalue weighted by Gasteiger charge is 2.05. The normalized spacial score (nSPS) is 10.6. The standard InChI is InChI=1S/C14H12N2S3/c1-17-11-5-2-4-10(8-11)15-14-16-12(9-19-14)13-6-3-7-18-13/h2-9H,1H3,(H,15,16). The van der Waals surface area contributed by atoms with Gasteiger partial charge in [0.2, 0.25) is 0 Å². The lowest BCUT2D eigenvalue weighted by molar-refractivity contribution is 1.38. The maximum Gasteiger partial charge on any atom is 0.187 e. The molecule has 19 heavy (non-hydrogen) atoms. The van der Waals surface area contributed by atoms with Crippen molar-refractivity contribution in [2.75, 3.05) is 11.6 Å². The summed E-state index contributed by atoms with van der Waals surface area (Å²) in [7, 11) is 0. The molecule has 0 amide bonds. The van der Waals surface area contributed by atoms with Gasteiger partial charge in [0.15, 0.2) is 5.13 Å². The van der Waals surface area contributed by atoms with Crippen LogP contribution in [0.3, 0.4) is 0 Å². The number of benzene rings is 1. The number of rotatable bonds is 4. The summed E-state index contributed by atoms with van der Waals surface area (Å²) in [5, 5.41) is 8.45. The molecule has 3 rings (SSSR count). The first-order valence-corrected chi connectivity index (χ1v) is 8.74. The number of thiazole rings is 1. The minimum Gasteiger partial charge on any atom is -0.332 e. The molecule has 3 aromatic rings. The van der Waals surface area contributed by atoms with E-state index in [1.165, 1.54) is 9.77 Å². The fourth-order valence-electron chi connectivity index (χ4n) is 1.69. The predicted molar refractivity (Wildman–Crippen MR) is 86.9 cm³/mol. The molecule has 0 fully saturated rings. The average Bonchev–Trinajstić information content (AvgIpc) is 3.09. The van der Waals surface area contributed by atoms with E-state index in [1.807, 2.05) is 6.07 Å². The topological polar surface area (TPSA) is 24.9 Å². The van der Waals surface area contributed by atoms with Crippen molar-refractivity contribution in [3.05, 3.63) is 47.2 Å². The number of anilines is 2. The zero-order chi connectivity index (χ0) is 13.1. The summed E-state index contributed by atoms with van der Waals surface area (Å²) in [5.74, 6) is 0. The first kappa shape index (κ1) is 12.7. The van der Waals surface area contributed by atoms with Gasteiger partial charge in [-0.3, -0.25) is 0 Å². The van der Waals surface area contributed by atoms with E-state index in [9.17, 15) is 0 Å². The van der Waals surface area contributed by atoms with Crippen LogP contribution in [0.15, 0.2) is 52.1 Å². The van der Waals surface area contributed by atoms with Gasteiger partial charge in [-0.2, -0.15) is 0 Å². The minimum absolute atomic E-state index is 0.932. The Bertz CT molecular complexity index is 659. The number of hydrogen-bond donors (Lipinski definition) is 1. The third-order valence-corrected chi connectivity index (χ3v) is 4.97. The summed E-state index contributed by atoms with van der Waals surface area (Å²) in [5.41, 5.74) is 2.13. The second-order valence-corrected chi connectivity index (χ2v) is 6.56. The average molecular weight is 304 g/mol. The largest absolute Gasteiger partial charge is 0.332 e. The molecule has 1 aromatic carbocycles. The fourth-order valence-corrected chi connectivity index (χ4v) is 3.64. The molecule has 0 spiro atoms. The Morgan fingerprint density at radius 1 is 1.16 bits per heavy atom. The lowest BCUT2D eigenvalue weighted by Crippen LogP contribution is -1.89. The molecule has 0 aliphatic carbocycles. The Labute approximate surface area is 124 Å². The van der Waals surface area contributed by atoms with E-state index >= 15 is 0 Å². The second kappa shape index (κ2) is 5.77. The van der Waals surface area contributed by atoms with Crippen LogP contribution in [0.2, 0.25) is 0 Å². The Balaban J connectivity index is 1.80. The fraction of sp³-hybridized carbons (Fsp3) is 0.0714. The van der Waals surface area contributed by atoms with Crippen LogP contribution in [0.5, 0.6) is 0 Å². The lowest BCUT2D eigenvalue weighted by Gasteiger charge is -2.03. The molecule has 2 aromatic heterocycles. The number of thioether (sulfide) groups is 1. The number of nitrogens with zero attached hydrogens (tertiary/aromatic N) is 1. The third-order valence-electron chi connectivity index (χ3n) is 2.60. The molecule has 5 heteroatoms. The maximum absolute atomic E-state index is 4.61. The molecule has 0 aliphatic heterocycles. The molecule has 0 bridgehead atoms. The first-order chi connectivity index (χ1) is 9.35. The zero-order valence-corrected chi connectivity index (χ0v) is 12.7. The van der Waals surface area contributed by atoms with E-state index in [0.717, 1.165) is 16.5 Å². The molecule has 0 radical (unpaired) electrons. The summed E-state index contributed by atoms with van der Waals surface area (Å²) < 4.78 is 0. The van der Waals surface area contributed by atoms with E-state index in [-0.39, 0.29) is 0 Å². The van der Waals surface area contributed by atoms with E-state index in [0.29, 0.717) is 0 Å². The Morgan fingerprint density at radius 3 is 2.89 bits per heavy atom. The molecule has 0 saturated carbocycles. The van der Waals surface area contributed by atoms with Crippen molar-refractivity contribution in [2.24, 2.45) is 0 Å². The second-order valence-electron chi connectivity index (χ2n) is 3.87. The molecule has 96 valence electrons. The highest BCUT2D eigenvalue weighted by molar-refractivity contribution is 7.98. The van der Waals surface area contributed by atoms with Crippen molar-refractivity contribution in [1.29, 1.82) is 0 Å². The molecule has 0 unspecified atom stereocenters. The smallest absolute Gasteiger partial charge is 0.187 e. The van der Waals surface area contributed by atoms with Crippen molar-refractivity contribution >= 4 is 45.3 Å². The van der Waals surface area contributed by atoms with Crippen LogP contribution in [-0.2, 0) is 0 Å². The number of thiophene rings is 1. The molecule has 0 saturated heterocycles. The minimum atomic E-state index is 0.932. The van der Waals surface area contributed by atoms with E-state index in [2.05, 4.69) is 57.6 Å². The van der Waals surface area contributed by atoms with Gasteiger partial charge in [0.1, 0.15) is 0 Å².